The standard InChI is InChI=1S/C17H24N2O4/c1-3-10-18-15(20)8-9-16(21)19-14-6-4-13(5-7-14)11-12(2)17(22)23/h4-7,12H,3,8-11H2,1-2H3,(H,18,20)(H,19,21)(H,22,23). The molecule has 0 aliphatic carbocycles. The highest BCUT2D eigenvalue weighted by molar-refractivity contribution is 5.93. The molecule has 1 aromatic rings. The zero-order valence-corrected chi connectivity index (χ0v) is 13.6. The number of rotatable bonds is 9. The number of aliphatic carboxylic acids is 1. The van der Waals surface area contributed by atoms with Gasteiger partial charge in [-0.15, -0.1) is 0 Å². The maximum atomic E-state index is 11.8. The van der Waals surface area contributed by atoms with Crippen LogP contribution in [0.3, 0.4) is 0 Å². The minimum absolute atomic E-state index is 0.125. The molecule has 0 bridgehead atoms. The molecule has 0 saturated heterocycles. The quantitative estimate of drug-likeness (QED) is 0.650. The number of hydrogen-bond donors (Lipinski definition) is 3. The lowest BCUT2D eigenvalue weighted by atomic mass is 10.0. The molecule has 6 heteroatoms. The number of carboxylic acid groups (broad SMARTS) is 1. The van der Waals surface area contributed by atoms with Crippen LogP contribution in [0.1, 0.15) is 38.7 Å². The smallest absolute Gasteiger partial charge is 0.306 e. The van der Waals surface area contributed by atoms with Gasteiger partial charge in [0.15, 0.2) is 0 Å². The average molecular weight is 320 g/mol. The van der Waals surface area contributed by atoms with E-state index in [9.17, 15) is 14.4 Å². The van der Waals surface area contributed by atoms with E-state index in [-0.39, 0.29) is 24.7 Å². The molecule has 1 rings (SSSR count). The summed E-state index contributed by atoms with van der Waals surface area (Å²) in [5.41, 5.74) is 1.53. The van der Waals surface area contributed by atoms with Crippen molar-refractivity contribution in [2.45, 2.75) is 39.5 Å². The zero-order valence-electron chi connectivity index (χ0n) is 13.6. The van der Waals surface area contributed by atoms with Crippen LogP contribution in [-0.4, -0.2) is 29.4 Å². The van der Waals surface area contributed by atoms with Crippen molar-refractivity contribution in [3.8, 4) is 0 Å². The van der Waals surface area contributed by atoms with E-state index in [1.165, 1.54) is 0 Å². The van der Waals surface area contributed by atoms with Crippen LogP contribution in [0.25, 0.3) is 0 Å². The minimum atomic E-state index is -0.830. The Morgan fingerprint density at radius 3 is 2.26 bits per heavy atom. The van der Waals surface area contributed by atoms with E-state index in [1.54, 1.807) is 31.2 Å². The largest absolute Gasteiger partial charge is 0.481 e. The predicted molar refractivity (Wildman–Crippen MR) is 88.1 cm³/mol. The summed E-state index contributed by atoms with van der Waals surface area (Å²) >= 11 is 0. The summed E-state index contributed by atoms with van der Waals surface area (Å²) in [6.07, 6.45) is 1.61. The third-order valence-electron chi connectivity index (χ3n) is 3.35. The Balaban J connectivity index is 2.41. The Morgan fingerprint density at radius 1 is 1.09 bits per heavy atom. The Morgan fingerprint density at radius 2 is 1.70 bits per heavy atom. The molecule has 2 amide bonds. The normalized spacial score (nSPS) is 11.6. The van der Waals surface area contributed by atoms with Crippen LogP contribution in [0.4, 0.5) is 5.69 Å². The van der Waals surface area contributed by atoms with E-state index >= 15 is 0 Å². The third-order valence-corrected chi connectivity index (χ3v) is 3.35. The fourth-order valence-corrected chi connectivity index (χ4v) is 1.97. The molecule has 0 aromatic heterocycles. The molecule has 6 nitrogen and oxygen atoms in total. The summed E-state index contributed by atoms with van der Waals surface area (Å²) < 4.78 is 0. The first-order valence-corrected chi connectivity index (χ1v) is 7.80. The number of carbonyl (C=O) groups excluding carboxylic acids is 2. The summed E-state index contributed by atoms with van der Waals surface area (Å²) in [5.74, 6) is -1.62. The van der Waals surface area contributed by atoms with E-state index in [0.29, 0.717) is 18.7 Å². The minimum Gasteiger partial charge on any atom is -0.481 e. The maximum absolute atomic E-state index is 11.8. The molecule has 126 valence electrons. The molecule has 0 fully saturated rings. The van der Waals surface area contributed by atoms with E-state index in [0.717, 1.165) is 12.0 Å². The van der Waals surface area contributed by atoms with Crippen LogP contribution in [0.2, 0.25) is 0 Å². The highest BCUT2D eigenvalue weighted by Crippen LogP contribution is 2.14. The van der Waals surface area contributed by atoms with Crippen molar-refractivity contribution < 1.29 is 19.5 Å². The van der Waals surface area contributed by atoms with Crippen molar-refractivity contribution in [2.75, 3.05) is 11.9 Å². The summed E-state index contributed by atoms with van der Waals surface area (Å²) in [6.45, 7) is 4.24. The first-order valence-electron chi connectivity index (χ1n) is 7.80. The molecule has 0 radical (unpaired) electrons. The van der Waals surface area contributed by atoms with Gasteiger partial charge in [0.05, 0.1) is 5.92 Å². The molecule has 0 aliphatic rings. The second kappa shape index (κ2) is 9.61. The van der Waals surface area contributed by atoms with Gasteiger partial charge in [0.1, 0.15) is 0 Å². The van der Waals surface area contributed by atoms with Gasteiger partial charge in [0.2, 0.25) is 11.8 Å². The molecule has 1 aromatic carbocycles. The molecule has 23 heavy (non-hydrogen) atoms. The number of anilines is 1. The Labute approximate surface area is 136 Å². The first-order chi connectivity index (χ1) is 10.9. The lowest BCUT2D eigenvalue weighted by Gasteiger charge is -2.09. The monoisotopic (exact) mass is 320 g/mol. The molecule has 1 atom stereocenters. The number of carbonyl (C=O) groups is 3. The van der Waals surface area contributed by atoms with Gasteiger partial charge in [-0.05, 0) is 30.5 Å². The predicted octanol–water partition coefficient (Wildman–Crippen LogP) is 2.19. The number of benzene rings is 1. The molecule has 1 unspecified atom stereocenters. The number of amides is 2. The molecule has 0 saturated carbocycles. The van der Waals surface area contributed by atoms with E-state index in [4.69, 9.17) is 5.11 Å². The van der Waals surface area contributed by atoms with Crippen LogP contribution in [0, 0.1) is 5.92 Å². The Bertz CT molecular complexity index is 540. The lowest BCUT2D eigenvalue weighted by Crippen LogP contribution is -2.25. The van der Waals surface area contributed by atoms with Crippen LogP contribution in [0.5, 0.6) is 0 Å². The fraction of sp³-hybridized carbons (Fsp3) is 0.471. The van der Waals surface area contributed by atoms with Crippen LogP contribution >= 0.6 is 0 Å². The van der Waals surface area contributed by atoms with Gasteiger partial charge in [-0.25, -0.2) is 0 Å². The van der Waals surface area contributed by atoms with Gasteiger partial charge in [-0.2, -0.15) is 0 Å². The van der Waals surface area contributed by atoms with Crippen molar-refractivity contribution in [3.63, 3.8) is 0 Å². The van der Waals surface area contributed by atoms with Gasteiger partial charge in [-0.1, -0.05) is 26.0 Å². The zero-order chi connectivity index (χ0) is 17.2. The second-order valence-corrected chi connectivity index (χ2v) is 5.54. The first kappa shape index (κ1) is 18.7. The summed E-state index contributed by atoms with van der Waals surface area (Å²) in [7, 11) is 0. The summed E-state index contributed by atoms with van der Waals surface area (Å²) in [6, 6.07) is 7.06. The fourth-order valence-electron chi connectivity index (χ4n) is 1.97. The van der Waals surface area contributed by atoms with Gasteiger partial charge < -0.3 is 15.7 Å². The molecular formula is C17H24N2O4. The van der Waals surface area contributed by atoms with Gasteiger partial charge >= 0.3 is 5.97 Å². The summed E-state index contributed by atoms with van der Waals surface area (Å²) in [5, 5.41) is 14.3. The van der Waals surface area contributed by atoms with Crippen LogP contribution < -0.4 is 10.6 Å². The van der Waals surface area contributed by atoms with Crippen LogP contribution in [0.15, 0.2) is 24.3 Å². The van der Waals surface area contributed by atoms with Gasteiger partial charge in [0.25, 0.3) is 0 Å². The van der Waals surface area contributed by atoms with Crippen LogP contribution in [-0.2, 0) is 20.8 Å². The molecular weight excluding hydrogens is 296 g/mol. The number of hydrogen-bond acceptors (Lipinski definition) is 3. The van der Waals surface area contributed by atoms with Crippen molar-refractivity contribution in [2.24, 2.45) is 5.92 Å². The SMILES string of the molecule is CCCNC(=O)CCC(=O)Nc1ccc(CC(C)C(=O)O)cc1. The molecule has 0 spiro atoms. The van der Waals surface area contributed by atoms with Gasteiger partial charge in [0, 0.05) is 25.1 Å². The average Bonchev–Trinajstić information content (AvgIpc) is 2.52. The van der Waals surface area contributed by atoms with Crippen molar-refractivity contribution in [1.82, 2.24) is 5.32 Å². The van der Waals surface area contributed by atoms with Crippen molar-refractivity contribution in [3.05, 3.63) is 29.8 Å². The molecule has 0 heterocycles. The van der Waals surface area contributed by atoms with E-state index in [2.05, 4.69) is 10.6 Å². The lowest BCUT2D eigenvalue weighted by molar-refractivity contribution is -0.141. The highest BCUT2D eigenvalue weighted by Gasteiger charge is 2.11. The molecule has 3 N–H and O–H groups in total. The van der Waals surface area contributed by atoms with E-state index in [1.807, 2.05) is 6.92 Å². The van der Waals surface area contributed by atoms with Crippen molar-refractivity contribution >= 4 is 23.5 Å². The Kier molecular flexibility index (Phi) is 7.80. The number of nitrogens with one attached hydrogen (secondary N) is 2. The maximum Gasteiger partial charge on any atom is 0.306 e. The Hall–Kier alpha value is -2.37. The topological polar surface area (TPSA) is 95.5 Å². The molecule has 0 aliphatic heterocycles. The number of carboxylic acids is 1. The highest BCUT2D eigenvalue weighted by atomic mass is 16.4. The second-order valence-electron chi connectivity index (χ2n) is 5.54. The van der Waals surface area contributed by atoms with Crippen molar-refractivity contribution in [1.29, 1.82) is 0 Å². The summed E-state index contributed by atoms with van der Waals surface area (Å²) in [4.78, 5) is 34.0. The van der Waals surface area contributed by atoms with Gasteiger partial charge in [-0.3, -0.25) is 14.4 Å². The van der Waals surface area contributed by atoms with E-state index < -0.39 is 11.9 Å². The third kappa shape index (κ3) is 7.44.